The first-order valence-electron chi connectivity index (χ1n) is 8.66. The molecule has 0 saturated carbocycles. The lowest BCUT2D eigenvalue weighted by Gasteiger charge is -2.15. The SMILES string of the molecule is Cc1cc(C)c(NC(=O)c2ccnc(NC(C)c3ccccc3)n2)c(Cl)c1. The Balaban J connectivity index is 1.76. The highest BCUT2D eigenvalue weighted by atomic mass is 35.5. The molecule has 2 N–H and O–H groups in total. The number of carbonyl (C=O) groups excluding carboxylic acids is 1. The number of rotatable bonds is 5. The largest absolute Gasteiger partial charge is 0.348 e. The number of hydrogen-bond donors (Lipinski definition) is 2. The van der Waals surface area contributed by atoms with E-state index in [9.17, 15) is 4.79 Å². The molecule has 3 aromatic rings. The molecule has 0 fully saturated rings. The smallest absolute Gasteiger partial charge is 0.274 e. The fourth-order valence-corrected chi connectivity index (χ4v) is 3.19. The van der Waals surface area contributed by atoms with Gasteiger partial charge in [0.25, 0.3) is 5.91 Å². The lowest BCUT2D eigenvalue weighted by atomic mass is 10.1. The van der Waals surface area contributed by atoms with E-state index < -0.39 is 0 Å². The molecule has 0 radical (unpaired) electrons. The Labute approximate surface area is 163 Å². The molecule has 0 aliphatic carbocycles. The fourth-order valence-electron chi connectivity index (χ4n) is 2.83. The van der Waals surface area contributed by atoms with Gasteiger partial charge in [0.05, 0.1) is 16.8 Å². The summed E-state index contributed by atoms with van der Waals surface area (Å²) in [6, 6.07) is 15.3. The predicted molar refractivity (Wildman–Crippen MR) is 109 cm³/mol. The summed E-state index contributed by atoms with van der Waals surface area (Å²) in [4.78, 5) is 21.2. The standard InChI is InChI=1S/C21H21ClN4O/c1-13-11-14(2)19(17(22)12-13)26-20(27)18-9-10-23-21(25-18)24-15(3)16-7-5-4-6-8-16/h4-12,15H,1-3H3,(H,26,27)(H,23,24,25). The van der Waals surface area contributed by atoms with E-state index in [4.69, 9.17) is 11.6 Å². The molecule has 27 heavy (non-hydrogen) atoms. The van der Waals surface area contributed by atoms with Gasteiger partial charge < -0.3 is 10.6 Å². The monoisotopic (exact) mass is 380 g/mol. The zero-order valence-electron chi connectivity index (χ0n) is 15.5. The van der Waals surface area contributed by atoms with E-state index >= 15 is 0 Å². The topological polar surface area (TPSA) is 66.9 Å². The normalized spacial score (nSPS) is 11.7. The summed E-state index contributed by atoms with van der Waals surface area (Å²) < 4.78 is 0. The number of nitrogens with one attached hydrogen (secondary N) is 2. The molecule has 1 amide bonds. The number of amides is 1. The maximum Gasteiger partial charge on any atom is 0.274 e. The van der Waals surface area contributed by atoms with E-state index in [2.05, 4.69) is 20.6 Å². The van der Waals surface area contributed by atoms with E-state index in [1.807, 2.05) is 63.2 Å². The van der Waals surface area contributed by atoms with E-state index in [0.717, 1.165) is 16.7 Å². The van der Waals surface area contributed by atoms with Crippen LogP contribution in [0.25, 0.3) is 0 Å². The maximum absolute atomic E-state index is 12.6. The molecule has 2 aromatic carbocycles. The molecule has 0 aliphatic rings. The van der Waals surface area contributed by atoms with Crippen LogP contribution in [-0.2, 0) is 0 Å². The van der Waals surface area contributed by atoms with Gasteiger partial charge in [0.1, 0.15) is 5.69 Å². The van der Waals surface area contributed by atoms with Crippen LogP contribution in [0, 0.1) is 13.8 Å². The number of halogens is 1. The van der Waals surface area contributed by atoms with Crippen LogP contribution in [0.4, 0.5) is 11.6 Å². The molecule has 0 aliphatic heterocycles. The van der Waals surface area contributed by atoms with E-state index in [-0.39, 0.29) is 17.6 Å². The van der Waals surface area contributed by atoms with Crippen LogP contribution in [0.3, 0.4) is 0 Å². The van der Waals surface area contributed by atoms with Gasteiger partial charge in [-0.3, -0.25) is 4.79 Å². The lowest BCUT2D eigenvalue weighted by molar-refractivity contribution is 0.102. The maximum atomic E-state index is 12.6. The third-order valence-electron chi connectivity index (χ3n) is 4.20. The lowest BCUT2D eigenvalue weighted by Crippen LogP contribution is -2.17. The van der Waals surface area contributed by atoms with Crippen molar-refractivity contribution in [1.82, 2.24) is 9.97 Å². The van der Waals surface area contributed by atoms with Crippen LogP contribution in [0.15, 0.2) is 54.7 Å². The first kappa shape index (κ1) is 18.9. The van der Waals surface area contributed by atoms with Crippen molar-refractivity contribution in [3.63, 3.8) is 0 Å². The van der Waals surface area contributed by atoms with Crippen molar-refractivity contribution in [1.29, 1.82) is 0 Å². The Morgan fingerprint density at radius 3 is 2.56 bits per heavy atom. The quantitative estimate of drug-likeness (QED) is 0.640. The highest BCUT2D eigenvalue weighted by molar-refractivity contribution is 6.34. The van der Waals surface area contributed by atoms with Crippen LogP contribution in [0.2, 0.25) is 5.02 Å². The summed E-state index contributed by atoms with van der Waals surface area (Å²) in [6.45, 7) is 5.88. The zero-order valence-corrected chi connectivity index (χ0v) is 16.2. The minimum atomic E-state index is -0.332. The van der Waals surface area contributed by atoms with E-state index in [1.165, 1.54) is 0 Å². The van der Waals surface area contributed by atoms with Crippen molar-refractivity contribution in [3.8, 4) is 0 Å². The zero-order chi connectivity index (χ0) is 19.4. The second kappa shape index (κ2) is 8.18. The van der Waals surface area contributed by atoms with Crippen molar-refractivity contribution in [2.45, 2.75) is 26.8 Å². The molecule has 0 bridgehead atoms. The molecule has 6 heteroatoms. The summed E-state index contributed by atoms with van der Waals surface area (Å²) in [6.07, 6.45) is 1.56. The van der Waals surface area contributed by atoms with Gasteiger partial charge in [-0.1, -0.05) is 48.0 Å². The number of anilines is 2. The molecule has 1 atom stereocenters. The molecule has 5 nitrogen and oxygen atoms in total. The molecule has 1 unspecified atom stereocenters. The summed E-state index contributed by atoms with van der Waals surface area (Å²) >= 11 is 6.27. The molecule has 0 saturated heterocycles. The van der Waals surface area contributed by atoms with Crippen molar-refractivity contribution in [2.24, 2.45) is 0 Å². The number of nitrogens with zero attached hydrogens (tertiary/aromatic N) is 2. The van der Waals surface area contributed by atoms with Crippen LogP contribution in [0.5, 0.6) is 0 Å². The van der Waals surface area contributed by atoms with Gasteiger partial charge in [0.15, 0.2) is 0 Å². The first-order chi connectivity index (χ1) is 12.9. The Morgan fingerprint density at radius 2 is 1.85 bits per heavy atom. The molecule has 138 valence electrons. The molecule has 0 spiro atoms. The molecule has 1 aromatic heterocycles. The summed E-state index contributed by atoms with van der Waals surface area (Å²) in [5.74, 6) is 0.0624. The van der Waals surface area contributed by atoms with Crippen molar-refractivity contribution < 1.29 is 4.79 Å². The van der Waals surface area contributed by atoms with Crippen LogP contribution < -0.4 is 10.6 Å². The highest BCUT2D eigenvalue weighted by Crippen LogP contribution is 2.27. The van der Waals surface area contributed by atoms with Gasteiger partial charge in [0.2, 0.25) is 5.95 Å². The average Bonchev–Trinajstić information content (AvgIpc) is 2.65. The fraction of sp³-hybridized carbons (Fsp3) is 0.190. The second-order valence-corrected chi connectivity index (χ2v) is 6.84. The Kier molecular flexibility index (Phi) is 5.72. The van der Waals surface area contributed by atoms with Gasteiger partial charge in [0, 0.05) is 6.20 Å². The number of hydrogen-bond acceptors (Lipinski definition) is 4. The molecular weight excluding hydrogens is 360 g/mol. The second-order valence-electron chi connectivity index (χ2n) is 6.43. The van der Waals surface area contributed by atoms with E-state index in [1.54, 1.807) is 12.3 Å². The van der Waals surface area contributed by atoms with Gasteiger partial charge >= 0.3 is 0 Å². The van der Waals surface area contributed by atoms with Gasteiger partial charge in [-0.05, 0) is 49.6 Å². The van der Waals surface area contributed by atoms with Gasteiger partial charge in [-0.15, -0.1) is 0 Å². The van der Waals surface area contributed by atoms with Crippen LogP contribution >= 0.6 is 11.6 Å². The van der Waals surface area contributed by atoms with Crippen LogP contribution in [-0.4, -0.2) is 15.9 Å². The van der Waals surface area contributed by atoms with Crippen LogP contribution in [0.1, 0.15) is 40.1 Å². The summed E-state index contributed by atoms with van der Waals surface area (Å²) in [5.41, 5.74) is 3.91. The number of aryl methyl sites for hydroxylation is 2. The Morgan fingerprint density at radius 1 is 1.11 bits per heavy atom. The average molecular weight is 381 g/mol. The van der Waals surface area contributed by atoms with Gasteiger partial charge in [-0.2, -0.15) is 0 Å². The van der Waals surface area contributed by atoms with Crippen molar-refractivity contribution >= 4 is 29.1 Å². The Bertz CT molecular complexity index is 936. The van der Waals surface area contributed by atoms with Crippen molar-refractivity contribution in [3.05, 3.63) is 82.1 Å². The molecule has 1 heterocycles. The highest BCUT2D eigenvalue weighted by Gasteiger charge is 2.14. The molecule has 3 rings (SSSR count). The number of carbonyl (C=O) groups is 1. The Hall–Kier alpha value is -2.92. The van der Waals surface area contributed by atoms with Crippen molar-refractivity contribution in [2.75, 3.05) is 10.6 Å². The van der Waals surface area contributed by atoms with E-state index in [0.29, 0.717) is 16.7 Å². The predicted octanol–water partition coefficient (Wildman–Crippen LogP) is 5.17. The summed E-state index contributed by atoms with van der Waals surface area (Å²) in [5, 5.41) is 6.57. The number of aromatic nitrogens is 2. The first-order valence-corrected chi connectivity index (χ1v) is 9.04. The summed E-state index contributed by atoms with van der Waals surface area (Å²) in [7, 11) is 0. The third kappa shape index (κ3) is 4.63. The van der Waals surface area contributed by atoms with Gasteiger partial charge in [-0.25, -0.2) is 9.97 Å². The minimum Gasteiger partial charge on any atom is -0.348 e. The minimum absolute atomic E-state index is 0.0123. The number of benzene rings is 2. The third-order valence-corrected chi connectivity index (χ3v) is 4.50. The molecular formula is C21H21ClN4O.